The first-order valence-electron chi connectivity index (χ1n) is 12.8. The molecule has 0 aromatic heterocycles. The van der Waals surface area contributed by atoms with Crippen LogP contribution in [0.4, 0.5) is 11.4 Å². The van der Waals surface area contributed by atoms with Crippen LogP contribution in [0.25, 0.3) is 0 Å². The van der Waals surface area contributed by atoms with Gasteiger partial charge in [-0.3, -0.25) is 14.5 Å². The van der Waals surface area contributed by atoms with Gasteiger partial charge in [-0.2, -0.15) is 0 Å². The maximum absolute atomic E-state index is 13.9. The molecule has 1 aliphatic carbocycles. The SMILES string of the molecule is CCCCCC(=O)N1c2ccccc2NC2=C(C(=O)C[C@@H](c3ccccc3)C2)[C@@H]1c1ccc(Cl)cc1. The van der Waals surface area contributed by atoms with Gasteiger partial charge in [0.25, 0.3) is 0 Å². The standard InChI is InChI=1S/C31H31ClN2O2/c1-2-3-5-14-29(36)34-27-13-9-8-12-25(27)33-26-19-23(21-10-6-4-7-11-21)20-28(35)30(26)31(34)22-15-17-24(32)18-16-22/h4,6-13,15-18,23,31,33H,2-3,5,14,19-20H2,1H3/t23-,31-/m0/s1. The summed E-state index contributed by atoms with van der Waals surface area (Å²) in [6.45, 7) is 2.13. The molecule has 0 bridgehead atoms. The van der Waals surface area contributed by atoms with Crippen molar-refractivity contribution in [3.05, 3.63) is 106 Å². The van der Waals surface area contributed by atoms with Crippen LogP contribution in [0, 0.1) is 0 Å². The van der Waals surface area contributed by atoms with E-state index in [4.69, 9.17) is 11.6 Å². The van der Waals surface area contributed by atoms with Gasteiger partial charge in [0, 0.05) is 29.1 Å². The number of carbonyl (C=O) groups is 2. The van der Waals surface area contributed by atoms with E-state index in [-0.39, 0.29) is 17.6 Å². The molecule has 5 rings (SSSR count). The Morgan fingerprint density at radius 2 is 1.64 bits per heavy atom. The number of rotatable bonds is 6. The summed E-state index contributed by atoms with van der Waals surface area (Å²) >= 11 is 6.23. The molecule has 5 heteroatoms. The first kappa shape index (κ1) is 24.3. The van der Waals surface area contributed by atoms with Crippen LogP contribution < -0.4 is 10.2 Å². The van der Waals surface area contributed by atoms with Gasteiger partial charge >= 0.3 is 0 Å². The van der Waals surface area contributed by atoms with Crippen LogP contribution >= 0.6 is 11.6 Å². The zero-order chi connectivity index (χ0) is 25.1. The number of amides is 1. The number of allylic oxidation sites excluding steroid dienone is 1. The van der Waals surface area contributed by atoms with Gasteiger partial charge in [-0.1, -0.05) is 86.0 Å². The van der Waals surface area contributed by atoms with E-state index in [0.717, 1.165) is 47.5 Å². The summed E-state index contributed by atoms with van der Waals surface area (Å²) in [5.74, 6) is 0.205. The number of nitrogens with zero attached hydrogens (tertiary/aromatic N) is 1. The quantitative estimate of drug-likeness (QED) is 0.352. The Balaban J connectivity index is 1.66. The van der Waals surface area contributed by atoms with Crippen LogP contribution in [-0.4, -0.2) is 11.7 Å². The molecule has 3 aromatic rings. The molecule has 0 saturated heterocycles. The zero-order valence-corrected chi connectivity index (χ0v) is 21.3. The number of ketones is 1. The number of hydrogen-bond donors (Lipinski definition) is 1. The van der Waals surface area contributed by atoms with Gasteiger partial charge in [-0.25, -0.2) is 0 Å². The number of hydrogen-bond acceptors (Lipinski definition) is 3. The van der Waals surface area contributed by atoms with Crippen LogP contribution in [0.15, 0.2) is 90.1 Å². The molecule has 1 heterocycles. The highest BCUT2D eigenvalue weighted by atomic mass is 35.5. The van der Waals surface area contributed by atoms with Crippen molar-refractivity contribution in [3.8, 4) is 0 Å². The second kappa shape index (κ2) is 10.7. The van der Waals surface area contributed by atoms with Gasteiger partial charge in [0.1, 0.15) is 0 Å². The second-order valence-corrected chi connectivity index (χ2v) is 10.1. The van der Waals surface area contributed by atoms with Crippen LogP contribution in [0.5, 0.6) is 0 Å². The van der Waals surface area contributed by atoms with Gasteiger partial charge in [-0.15, -0.1) is 0 Å². The molecule has 0 fully saturated rings. The van der Waals surface area contributed by atoms with Crippen molar-refractivity contribution in [2.24, 2.45) is 0 Å². The first-order chi connectivity index (χ1) is 17.6. The van der Waals surface area contributed by atoms with Crippen molar-refractivity contribution in [1.29, 1.82) is 0 Å². The molecule has 184 valence electrons. The highest BCUT2D eigenvalue weighted by molar-refractivity contribution is 6.30. The van der Waals surface area contributed by atoms with Gasteiger partial charge in [0.2, 0.25) is 5.91 Å². The van der Waals surface area contributed by atoms with Gasteiger partial charge in [-0.05, 0) is 54.2 Å². The molecule has 1 amide bonds. The van der Waals surface area contributed by atoms with Gasteiger partial charge in [0.15, 0.2) is 5.78 Å². The van der Waals surface area contributed by atoms with Crippen LogP contribution in [0.1, 0.15) is 68.5 Å². The Morgan fingerprint density at radius 3 is 2.39 bits per heavy atom. The van der Waals surface area contributed by atoms with Crippen molar-refractivity contribution in [2.45, 2.75) is 57.4 Å². The minimum absolute atomic E-state index is 0.0318. The third-order valence-corrected chi connectivity index (χ3v) is 7.46. The minimum atomic E-state index is -0.508. The Kier molecular flexibility index (Phi) is 7.24. The minimum Gasteiger partial charge on any atom is -0.357 e. The highest BCUT2D eigenvalue weighted by Crippen LogP contribution is 2.47. The molecule has 0 unspecified atom stereocenters. The lowest BCUT2D eigenvalue weighted by Gasteiger charge is -2.35. The van der Waals surface area contributed by atoms with Crippen LogP contribution in [0.3, 0.4) is 0 Å². The number of para-hydroxylation sites is 2. The van der Waals surface area contributed by atoms with Crippen molar-refractivity contribution in [2.75, 3.05) is 10.2 Å². The van der Waals surface area contributed by atoms with Crippen molar-refractivity contribution >= 4 is 34.7 Å². The lowest BCUT2D eigenvalue weighted by molar-refractivity contribution is -0.119. The molecular formula is C31H31ClN2O2. The number of halogens is 1. The van der Waals surface area contributed by atoms with Crippen LogP contribution in [-0.2, 0) is 9.59 Å². The normalized spacial score (nSPS) is 19.3. The Hall–Kier alpha value is -3.37. The lowest BCUT2D eigenvalue weighted by Crippen LogP contribution is -2.38. The molecule has 1 N–H and O–H groups in total. The topological polar surface area (TPSA) is 49.4 Å². The molecule has 2 aliphatic rings. The Labute approximate surface area is 218 Å². The summed E-state index contributed by atoms with van der Waals surface area (Å²) in [6, 6.07) is 25.1. The fourth-order valence-electron chi connectivity index (χ4n) is 5.43. The third-order valence-electron chi connectivity index (χ3n) is 7.21. The monoisotopic (exact) mass is 498 g/mol. The van der Waals surface area contributed by atoms with E-state index in [1.165, 1.54) is 0 Å². The predicted octanol–water partition coefficient (Wildman–Crippen LogP) is 7.82. The van der Waals surface area contributed by atoms with Crippen molar-refractivity contribution in [1.82, 2.24) is 0 Å². The molecule has 0 saturated carbocycles. The molecule has 36 heavy (non-hydrogen) atoms. The van der Waals surface area contributed by atoms with Crippen LogP contribution in [0.2, 0.25) is 5.02 Å². The Bertz CT molecular complexity index is 1280. The number of carbonyl (C=O) groups excluding carboxylic acids is 2. The van der Waals surface area contributed by atoms with E-state index in [2.05, 4.69) is 24.4 Å². The number of unbranched alkanes of at least 4 members (excludes halogenated alkanes) is 2. The smallest absolute Gasteiger partial charge is 0.227 e. The fourth-order valence-corrected chi connectivity index (χ4v) is 5.56. The largest absolute Gasteiger partial charge is 0.357 e. The average molecular weight is 499 g/mol. The van der Waals surface area contributed by atoms with E-state index in [1.54, 1.807) is 0 Å². The van der Waals surface area contributed by atoms with Crippen molar-refractivity contribution < 1.29 is 9.59 Å². The van der Waals surface area contributed by atoms with E-state index in [9.17, 15) is 9.59 Å². The predicted molar refractivity (Wildman–Crippen MR) is 146 cm³/mol. The molecule has 0 spiro atoms. The van der Waals surface area contributed by atoms with E-state index in [0.29, 0.717) is 29.9 Å². The van der Waals surface area contributed by atoms with E-state index < -0.39 is 6.04 Å². The number of benzene rings is 3. The van der Waals surface area contributed by atoms with Gasteiger partial charge in [0.05, 0.1) is 17.4 Å². The maximum Gasteiger partial charge on any atom is 0.227 e. The Morgan fingerprint density at radius 1 is 0.917 bits per heavy atom. The number of nitrogens with one attached hydrogen (secondary N) is 1. The summed E-state index contributed by atoms with van der Waals surface area (Å²) in [5.41, 5.74) is 5.29. The molecular weight excluding hydrogens is 468 g/mol. The third kappa shape index (κ3) is 4.83. The fraction of sp³-hybridized carbons (Fsp3) is 0.290. The van der Waals surface area contributed by atoms with Crippen molar-refractivity contribution in [3.63, 3.8) is 0 Å². The zero-order valence-electron chi connectivity index (χ0n) is 20.5. The highest BCUT2D eigenvalue weighted by Gasteiger charge is 2.41. The average Bonchev–Trinajstić information content (AvgIpc) is 3.04. The maximum atomic E-state index is 13.9. The summed E-state index contributed by atoms with van der Waals surface area (Å²) in [4.78, 5) is 29.6. The molecule has 4 nitrogen and oxygen atoms in total. The summed E-state index contributed by atoms with van der Waals surface area (Å²) in [7, 11) is 0. The molecule has 2 atom stereocenters. The summed E-state index contributed by atoms with van der Waals surface area (Å²) in [6.07, 6.45) is 4.43. The van der Waals surface area contributed by atoms with E-state index in [1.807, 2.05) is 71.6 Å². The molecule has 3 aromatic carbocycles. The molecule has 0 radical (unpaired) electrons. The van der Waals surface area contributed by atoms with E-state index >= 15 is 0 Å². The first-order valence-corrected chi connectivity index (χ1v) is 13.2. The lowest BCUT2D eigenvalue weighted by atomic mass is 9.78. The summed E-state index contributed by atoms with van der Waals surface area (Å²) in [5, 5.41) is 4.22. The number of anilines is 2. The number of Topliss-reactive ketones (excluding diaryl/α,β-unsaturated/α-hetero) is 1. The second-order valence-electron chi connectivity index (χ2n) is 9.65. The number of fused-ring (bicyclic) bond motifs is 1. The van der Waals surface area contributed by atoms with Gasteiger partial charge < -0.3 is 5.32 Å². The summed E-state index contributed by atoms with van der Waals surface area (Å²) < 4.78 is 0. The molecule has 1 aliphatic heterocycles.